The maximum atomic E-state index is 13.2. The monoisotopic (exact) mass is 318 g/mol. The molecule has 0 saturated carbocycles. The van der Waals surface area contributed by atoms with Crippen molar-refractivity contribution in [1.82, 2.24) is 0 Å². The number of anilines is 1. The number of halogens is 3. The van der Waals surface area contributed by atoms with Gasteiger partial charge in [-0.15, -0.1) is 0 Å². The number of rotatable bonds is 3. The normalized spacial score (nSPS) is 23.4. The summed E-state index contributed by atoms with van der Waals surface area (Å²) in [6.07, 6.45) is -4.09. The second-order valence-corrected chi connectivity index (χ2v) is 6.87. The van der Waals surface area contributed by atoms with E-state index in [1.165, 1.54) is 6.07 Å². The summed E-state index contributed by atoms with van der Waals surface area (Å²) in [6.45, 7) is 5.19. The molecule has 1 aliphatic rings. The summed E-state index contributed by atoms with van der Waals surface area (Å²) in [4.78, 5) is 2.07. The van der Waals surface area contributed by atoms with Gasteiger partial charge in [0.05, 0.1) is 5.56 Å². The SMILES string of the molecule is CC1SCCN(c2ccc(CCN)c(C(F)(F)F)c2)C1C. The Kier molecular flexibility index (Phi) is 5.09. The first-order valence-corrected chi connectivity index (χ1v) is 8.18. The van der Waals surface area contributed by atoms with Crippen LogP contribution in [0, 0.1) is 0 Å². The number of thioether (sulfide) groups is 1. The highest BCUT2D eigenvalue weighted by atomic mass is 32.2. The van der Waals surface area contributed by atoms with Crippen molar-refractivity contribution in [3.05, 3.63) is 29.3 Å². The van der Waals surface area contributed by atoms with Crippen LogP contribution in [0.25, 0.3) is 0 Å². The number of alkyl halides is 3. The predicted octanol–water partition coefficient (Wildman–Crippen LogP) is 3.54. The molecule has 2 nitrogen and oxygen atoms in total. The maximum Gasteiger partial charge on any atom is 0.416 e. The first-order chi connectivity index (χ1) is 9.84. The Labute approximate surface area is 127 Å². The molecule has 1 aromatic carbocycles. The largest absolute Gasteiger partial charge is 0.416 e. The van der Waals surface area contributed by atoms with Crippen molar-refractivity contribution in [3.8, 4) is 0 Å². The van der Waals surface area contributed by atoms with E-state index in [0.29, 0.717) is 10.9 Å². The van der Waals surface area contributed by atoms with Crippen LogP contribution in [0.5, 0.6) is 0 Å². The zero-order valence-corrected chi connectivity index (χ0v) is 13.1. The van der Waals surface area contributed by atoms with Gasteiger partial charge in [-0.3, -0.25) is 0 Å². The van der Waals surface area contributed by atoms with Crippen LogP contribution in [0.1, 0.15) is 25.0 Å². The molecule has 0 amide bonds. The first kappa shape index (κ1) is 16.5. The van der Waals surface area contributed by atoms with E-state index in [0.717, 1.165) is 12.3 Å². The van der Waals surface area contributed by atoms with Crippen molar-refractivity contribution in [3.63, 3.8) is 0 Å². The van der Waals surface area contributed by atoms with Crippen molar-refractivity contribution in [1.29, 1.82) is 0 Å². The van der Waals surface area contributed by atoms with Crippen molar-refractivity contribution in [2.24, 2.45) is 5.73 Å². The molecule has 0 bridgehead atoms. The molecule has 6 heteroatoms. The van der Waals surface area contributed by atoms with Crippen LogP contribution in [-0.4, -0.2) is 30.1 Å². The van der Waals surface area contributed by atoms with Gasteiger partial charge in [0.25, 0.3) is 0 Å². The summed E-state index contributed by atoms with van der Waals surface area (Å²) in [6, 6.07) is 4.87. The molecule has 1 fully saturated rings. The van der Waals surface area contributed by atoms with Crippen LogP contribution in [0.2, 0.25) is 0 Å². The van der Waals surface area contributed by atoms with E-state index in [4.69, 9.17) is 5.73 Å². The molecular weight excluding hydrogens is 297 g/mol. The summed E-state index contributed by atoms with van der Waals surface area (Å²) in [5.74, 6) is 0.942. The van der Waals surface area contributed by atoms with Crippen molar-refractivity contribution in [2.45, 2.75) is 37.7 Å². The molecule has 1 aliphatic heterocycles. The van der Waals surface area contributed by atoms with Crippen LogP contribution in [0.3, 0.4) is 0 Å². The molecule has 0 spiro atoms. The van der Waals surface area contributed by atoms with Gasteiger partial charge in [-0.05, 0) is 37.6 Å². The predicted molar refractivity (Wildman–Crippen MR) is 82.9 cm³/mol. The number of nitrogens with two attached hydrogens (primary N) is 1. The van der Waals surface area contributed by atoms with Gasteiger partial charge >= 0.3 is 6.18 Å². The fourth-order valence-electron chi connectivity index (χ4n) is 2.68. The molecular formula is C15H21F3N2S. The Balaban J connectivity index is 2.37. The highest BCUT2D eigenvalue weighted by Crippen LogP contribution is 2.36. The lowest BCUT2D eigenvalue weighted by Gasteiger charge is -2.39. The van der Waals surface area contributed by atoms with Gasteiger partial charge in [-0.1, -0.05) is 13.0 Å². The molecule has 118 valence electrons. The van der Waals surface area contributed by atoms with Gasteiger partial charge in [-0.25, -0.2) is 0 Å². The fourth-order valence-corrected chi connectivity index (χ4v) is 3.78. The van der Waals surface area contributed by atoms with E-state index in [1.54, 1.807) is 12.1 Å². The van der Waals surface area contributed by atoms with Crippen LogP contribution in [-0.2, 0) is 12.6 Å². The number of nitrogens with zero attached hydrogens (tertiary/aromatic N) is 1. The third-order valence-electron chi connectivity index (χ3n) is 4.03. The topological polar surface area (TPSA) is 29.3 Å². The molecule has 1 saturated heterocycles. The summed E-state index contributed by atoms with van der Waals surface area (Å²) in [5.41, 5.74) is 5.79. The van der Waals surface area contributed by atoms with Crippen molar-refractivity contribution in [2.75, 3.05) is 23.7 Å². The van der Waals surface area contributed by atoms with Gasteiger partial charge in [0, 0.05) is 29.3 Å². The number of benzene rings is 1. The molecule has 1 aromatic rings. The van der Waals surface area contributed by atoms with Crippen molar-refractivity contribution >= 4 is 17.4 Å². The summed E-state index contributed by atoms with van der Waals surface area (Å²) >= 11 is 1.87. The number of hydrogen-bond donors (Lipinski definition) is 1. The van der Waals surface area contributed by atoms with Crippen LogP contribution >= 0.6 is 11.8 Å². The molecule has 2 unspecified atom stereocenters. The highest BCUT2D eigenvalue weighted by Gasteiger charge is 2.34. The van der Waals surface area contributed by atoms with Crippen molar-refractivity contribution < 1.29 is 13.2 Å². The van der Waals surface area contributed by atoms with Gasteiger partial charge in [0.2, 0.25) is 0 Å². The maximum absolute atomic E-state index is 13.2. The molecule has 0 aromatic heterocycles. The Morgan fingerprint density at radius 3 is 2.67 bits per heavy atom. The Hall–Kier alpha value is -0.880. The second-order valence-electron chi connectivity index (χ2n) is 5.39. The zero-order valence-electron chi connectivity index (χ0n) is 12.3. The molecule has 1 heterocycles. The van der Waals surface area contributed by atoms with Crippen LogP contribution in [0.4, 0.5) is 18.9 Å². The van der Waals surface area contributed by atoms with E-state index in [9.17, 15) is 13.2 Å². The molecule has 2 rings (SSSR count). The molecule has 21 heavy (non-hydrogen) atoms. The molecule has 0 aliphatic carbocycles. The Bertz CT molecular complexity index is 490. The third-order valence-corrected chi connectivity index (χ3v) is 5.37. The van der Waals surface area contributed by atoms with Crippen LogP contribution in [0.15, 0.2) is 18.2 Å². The quantitative estimate of drug-likeness (QED) is 0.924. The third kappa shape index (κ3) is 3.66. The summed E-state index contributed by atoms with van der Waals surface area (Å²) < 4.78 is 39.7. The number of hydrogen-bond acceptors (Lipinski definition) is 3. The summed E-state index contributed by atoms with van der Waals surface area (Å²) in [7, 11) is 0. The van der Waals surface area contributed by atoms with E-state index in [2.05, 4.69) is 18.7 Å². The van der Waals surface area contributed by atoms with E-state index >= 15 is 0 Å². The minimum Gasteiger partial charge on any atom is -0.367 e. The highest BCUT2D eigenvalue weighted by molar-refractivity contribution is 8.00. The summed E-state index contributed by atoms with van der Waals surface area (Å²) in [5, 5.41) is 0.414. The average molecular weight is 318 g/mol. The van der Waals surface area contributed by atoms with Gasteiger partial charge in [0.1, 0.15) is 0 Å². The molecule has 0 radical (unpaired) electrons. The molecule has 2 atom stereocenters. The van der Waals surface area contributed by atoms with Crippen LogP contribution < -0.4 is 10.6 Å². The minimum atomic E-state index is -4.33. The standard InChI is InChI=1S/C15H21F3N2S/c1-10-11(2)21-8-7-20(10)13-4-3-12(5-6-19)14(9-13)15(16,17)18/h3-4,9-11H,5-8,19H2,1-2H3. The van der Waals surface area contributed by atoms with Gasteiger partial charge in [-0.2, -0.15) is 24.9 Å². The van der Waals surface area contributed by atoms with E-state index < -0.39 is 11.7 Å². The van der Waals surface area contributed by atoms with Gasteiger partial charge < -0.3 is 10.6 Å². The minimum absolute atomic E-state index is 0.218. The van der Waals surface area contributed by atoms with E-state index in [1.807, 2.05) is 11.8 Å². The average Bonchev–Trinajstić information content (AvgIpc) is 2.42. The lowest BCUT2D eigenvalue weighted by Crippen LogP contribution is -2.44. The fraction of sp³-hybridized carbons (Fsp3) is 0.600. The second kappa shape index (κ2) is 6.48. The lowest BCUT2D eigenvalue weighted by molar-refractivity contribution is -0.138. The Morgan fingerprint density at radius 1 is 1.33 bits per heavy atom. The molecule has 2 N–H and O–H groups in total. The lowest BCUT2D eigenvalue weighted by atomic mass is 10.0. The zero-order chi connectivity index (χ0) is 15.6. The first-order valence-electron chi connectivity index (χ1n) is 7.13. The van der Waals surface area contributed by atoms with Gasteiger partial charge in [0.15, 0.2) is 0 Å². The van der Waals surface area contributed by atoms with E-state index in [-0.39, 0.29) is 24.6 Å². The smallest absolute Gasteiger partial charge is 0.367 e. The Morgan fingerprint density at radius 2 is 2.05 bits per heavy atom.